The van der Waals surface area contributed by atoms with E-state index in [0.717, 1.165) is 0 Å². The van der Waals surface area contributed by atoms with Gasteiger partial charge in [0.2, 0.25) is 11.7 Å². The Morgan fingerprint density at radius 1 is 1.19 bits per heavy atom. The maximum atomic E-state index is 12.1. The van der Waals surface area contributed by atoms with E-state index in [1.54, 1.807) is 24.3 Å². The fourth-order valence-electron chi connectivity index (χ4n) is 2.96. The lowest BCUT2D eigenvalue weighted by molar-refractivity contribution is -0.121. The summed E-state index contributed by atoms with van der Waals surface area (Å²) in [6.45, 7) is 2.33. The SMILES string of the molecule is CCOc1c(OC)cc(/C=N\NC(=O)CCc2nc3ccccc3[nH]c2=O)cc1OC. The minimum Gasteiger partial charge on any atom is -0.493 e. The Labute approximate surface area is 179 Å². The molecule has 3 rings (SSSR count). The van der Waals surface area contributed by atoms with E-state index in [9.17, 15) is 9.59 Å². The normalized spacial score (nSPS) is 10.9. The van der Waals surface area contributed by atoms with Crippen LogP contribution in [0.2, 0.25) is 0 Å². The molecule has 0 aliphatic rings. The highest BCUT2D eigenvalue weighted by Crippen LogP contribution is 2.38. The number of para-hydroxylation sites is 2. The van der Waals surface area contributed by atoms with Gasteiger partial charge in [0, 0.05) is 18.4 Å². The van der Waals surface area contributed by atoms with Crippen LogP contribution < -0.4 is 25.2 Å². The number of methoxy groups -OCH3 is 2. The summed E-state index contributed by atoms with van der Waals surface area (Å²) in [7, 11) is 3.06. The molecule has 9 nitrogen and oxygen atoms in total. The van der Waals surface area contributed by atoms with Gasteiger partial charge in [-0.05, 0) is 31.2 Å². The first kappa shape index (κ1) is 21.8. The fraction of sp³-hybridized carbons (Fsp3) is 0.273. The molecule has 0 spiro atoms. The van der Waals surface area contributed by atoms with Gasteiger partial charge in [-0.2, -0.15) is 5.10 Å². The Kier molecular flexibility index (Phi) is 7.21. The first-order valence-corrected chi connectivity index (χ1v) is 9.74. The molecule has 31 heavy (non-hydrogen) atoms. The molecule has 1 heterocycles. The van der Waals surface area contributed by atoms with Gasteiger partial charge < -0.3 is 19.2 Å². The number of hydrogen-bond donors (Lipinski definition) is 2. The standard InChI is InChI=1S/C22H24N4O5/c1-4-31-21-18(29-2)11-14(12-19(21)30-3)13-23-26-20(27)10-9-17-22(28)25-16-8-6-5-7-15(16)24-17/h5-8,11-13H,4,9-10H2,1-3H3,(H,25,28)(H,26,27)/b23-13-. The number of nitrogens with zero attached hydrogens (tertiary/aromatic N) is 2. The molecule has 0 saturated heterocycles. The third kappa shape index (κ3) is 5.39. The Balaban J connectivity index is 1.63. The van der Waals surface area contributed by atoms with Crippen LogP contribution in [-0.2, 0) is 11.2 Å². The molecule has 0 aliphatic carbocycles. The number of fused-ring (bicyclic) bond motifs is 1. The summed E-state index contributed by atoms with van der Waals surface area (Å²) in [6.07, 6.45) is 1.74. The van der Waals surface area contributed by atoms with Crippen molar-refractivity contribution in [2.45, 2.75) is 19.8 Å². The van der Waals surface area contributed by atoms with Crippen LogP contribution in [0.25, 0.3) is 11.0 Å². The first-order valence-electron chi connectivity index (χ1n) is 9.74. The van der Waals surface area contributed by atoms with E-state index in [2.05, 4.69) is 20.5 Å². The monoisotopic (exact) mass is 424 g/mol. The molecule has 0 radical (unpaired) electrons. The Hall–Kier alpha value is -3.88. The average molecular weight is 424 g/mol. The maximum absolute atomic E-state index is 12.1. The zero-order chi connectivity index (χ0) is 22.2. The van der Waals surface area contributed by atoms with Crippen LogP contribution in [0.4, 0.5) is 0 Å². The molecular weight excluding hydrogens is 400 g/mol. The fourth-order valence-corrected chi connectivity index (χ4v) is 2.96. The largest absolute Gasteiger partial charge is 0.493 e. The maximum Gasteiger partial charge on any atom is 0.270 e. The number of benzene rings is 2. The Morgan fingerprint density at radius 2 is 1.90 bits per heavy atom. The highest BCUT2D eigenvalue weighted by atomic mass is 16.5. The van der Waals surface area contributed by atoms with Crippen LogP contribution in [-0.4, -0.2) is 42.9 Å². The van der Waals surface area contributed by atoms with Crippen LogP contribution in [0.1, 0.15) is 24.6 Å². The number of aromatic nitrogens is 2. The third-order valence-corrected chi connectivity index (χ3v) is 4.43. The Bertz CT molecular complexity index is 1130. The second kappa shape index (κ2) is 10.2. The lowest BCUT2D eigenvalue weighted by Gasteiger charge is -2.14. The molecule has 9 heteroatoms. The minimum atomic E-state index is -0.338. The number of carbonyl (C=O) groups is 1. The van der Waals surface area contributed by atoms with Crippen molar-refractivity contribution >= 4 is 23.2 Å². The Morgan fingerprint density at radius 3 is 2.58 bits per heavy atom. The smallest absolute Gasteiger partial charge is 0.270 e. The minimum absolute atomic E-state index is 0.0711. The average Bonchev–Trinajstić information content (AvgIpc) is 2.78. The van der Waals surface area contributed by atoms with Gasteiger partial charge in [-0.25, -0.2) is 10.4 Å². The van der Waals surface area contributed by atoms with Gasteiger partial charge >= 0.3 is 0 Å². The number of ether oxygens (including phenoxy) is 3. The van der Waals surface area contributed by atoms with Crippen molar-refractivity contribution < 1.29 is 19.0 Å². The van der Waals surface area contributed by atoms with Gasteiger partial charge in [0.1, 0.15) is 5.69 Å². The highest BCUT2D eigenvalue weighted by molar-refractivity contribution is 5.84. The molecule has 2 N–H and O–H groups in total. The molecule has 0 bridgehead atoms. The van der Waals surface area contributed by atoms with Gasteiger partial charge in [0.15, 0.2) is 11.5 Å². The van der Waals surface area contributed by atoms with E-state index < -0.39 is 0 Å². The molecule has 0 saturated carbocycles. The summed E-state index contributed by atoms with van der Waals surface area (Å²) < 4.78 is 16.2. The van der Waals surface area contributed by atoms with Gasteiger partial charge in [-0.3, -0.25) is 9.59 Å². The van der Waals surface area contributed by atoms with Crippen molar-refractivity contribution in [2.75, 3.05) is 20.8 Å². The van der Waals surface area contributed by atoms with Crippen LogP contribution in [0.3, 0.4) is 0 Å². The number of aromatic amines is 1. The molecule has 0 atom stereocenters. The molecule has 1 amide bonds. The lowest BCUT2D eigenvalue weighted by atomic mass is 10.2. The number of nitrogens with one attached hydrogen (secondary N) is 2. The van der Waals surface area contributed by atoms with Crippen LogP contribution in [0.5, 0.6) is 17.2 Å². The van der Waals surface area contributed by atoms with E-state index in [1.807, 2.05) is 19.1 Å². The van der Waals surface area contributed by atoms with E-state index in [1.165, 1.54) is 20.4 Å². The van der Waals surface area contributed by atoms with Crippen molar-refractivity contribution in [1.29, 1.82) is 0 Å². The number of hydrazone groups is 1. The predicted octanol–water partition coefficient (Wildman–Crippen LogP) is 2.42. The second-order valence-electron chi connectivity index (χ2n) is 6.51. The second-order valence-corrected chi connectivity index (χ2v) is 6.51. The number of rotatable bonds is 9. The van der Waals surface area contributed by atoms with Gasteiger partial charge in [0.25, 0.3) is 5.56 Å². The summed E-state index contributed by atoms with van der Waals surface area (Å²) >= 11 is 0. The number of carbonyl (C=O) groups excluding carboxylic acids is 1. The molecule has 2 aromatic carbocycles. The molecule has 3 aromatic rings. The molecule has 0 unspecified atom stereocenters. The third-order valence-electron chi connectivity index (χ3n) is 4.43. The summed E-state index contributed by atoms with van der Waals surface area (Å²) in [5, 5.41) is 3.97. The van der Waals surface area contributed by atoms with Crippen molar-refractivity contribution in [3.05, 3.63) is 58.0 Å². The first-order chi connectivity index (χ1) is 15.0. The van der Waals surface area contributed by atoms with Gasteiger partial charge in [0.05, 0.1) is 38.1 Å². The topological polar surface area (TPSA) is 115 Å². The number of aryl methyl sites for hydroxylation is 1. The zero-order valence-electron chi connectivity index (χ0n) is 17.6. The zero-order valence-corrected chi connectivity index (χ0v) is 17.6. The van der Waals surface area contributed by atoms with Crippen molar-refractivity contribution in [2.24, 2.45) is 5.10 Å². The van der Waals surface area contributed by atoms with Crippen molar-refractivity contribution in [3.8, 4) is 17.2 Å². The number of amides is 1. The van der Waals surface area contributed by atoms with Gasteiger partial charge in [-0.1, -0.05) is 12.1 Å². The molecule has 0 aliphatic heterocycles. The van der Waals surface area contributed by atoms with Crippen molar-refractivity contribution in [1.82, 2.24) is 15.4 Å². The van der Waals surface area contributed by atoms with E-state index in [0.29, 0.717) is 46.1 Å². The van der Waals surface area contributed by atoms with Crippen molar-refractivity contribution in [3.63, 3.8) is 0 Å². The van der Waals surface area contributed by atoms with E-state index >= 15 is 0 Å². The quantitative estimate of drug-likeness (QED) is 0.403. The lowest BCUT2D eigenvalue weighted by Crippen LogP contribution is -2.21. The number of H-pyrrole nitrogens is 1. The summed E-state index contributed by atoms with van der Waals surface area (Å²) in [5.74, 6) is 1.16. The molecule has 0 fully saturated rings. The summed E-state index contributed by atoms with van der Waals surface area (Å²) in [6, 6.07) is 10.7. The van der Waals surface area contributed by atoms with Gasteiger partial charge in [-0.15, -0.1) is 0 Å². The predicted molar refractivity (Wildman–Crippen MR) is 117 cm³/mol. The summed E-state index contributed by atoms with van der Waals surface area (Å²) in [5.41, 5.74) is 4.44. The molecular formula is C22H24N4O5. The van der Waals surface area contributed by atoms with Crippen LogP contribution in [0, 0.1) is 0 Å². The molecule has 162 valence electrons. The highest BCUT2D eigenvalue weighted by Gasteiger charge is 2.13. The van der Waals surface area contributed by atoms with E-state index in [4.69, 9.17) is 14.2 Å². The number of hydrogen-bond acceptors (Lipinski definition) is 7. The van der Waals surface area contributed by atoms with Crippen LogP contribution >= 0.6 is 0 Å². The van der Waals surface area contributed by atoms with E-state index in [-0.39, 0.29) is 24.3 Å². The molecule has 1 aromatic heterocycles. The van der Waals surface area contributed by atoms with Crippen LogP contribution in [0.15, 0.2) is 46.3 Å². The summed E-state index contributed by atoms with van der Waals surface area (Å²) in [4.78, 5) is 31.4.